The second kappa shape index (κ2) is 5.71. The zero-order valence-electron chi connectivity index (χ0n) is 11.0. The van der Waals surface area contributed by atoms with Crippen molar-refractivity contribution in [3.63, 3.8) is 0 Å². The molecular formula is C12H16BrN3O3S. The Morgan fingerprint density at radius 1 is 1.30 bits per heavy atom. The van der Waals surface area contributed by atoms with Gasteiger partial charge in [-0.3, -0.25) is 4.79 Å². The summed E-state index contributed by atoms with van der Waals surface area (Å²) in [6, 6.07) is 4.61. The van der Waals surface area contributed by atoms with E-state index in [4.69, 9.17) is 5.73 Å². The van der Waals surface area contributed by atoms with Gasteiger partial charge in [0.15, 0.2) is 0 Å². The Bertz CT molecular complexity index is 633. The van der Waals surface area contributed by atoms with Gasteiger partial charge in [0.1, 0.15) is 0 Å². The molecule has 8 heteroatoms. The van der Waals surface area contributed by atoms with Gasteiger partial charge < -0.3 is 10.6 Å². The van der Waals surface area contributed by atoms with Crippen LogP contribution in [0, 0.1) is 0 Å². The first-order valence-electron chi connectivity index (χ1n) is 6.11. The highest BCUT2D eigenvalue weighted by Crippen LogP contribution is 2.27. The van der Waals surface area contributed by atoms with Crippen molar-refractivity contribution in [2.24, 2.45) is 0 Å². The van der Waals surface area contributed by atoms with Gasteiger partial charge in [0.25, 0.3) is 0 Å². The number of benzene rings is 1. The predicted molar refractivity (Wildman–Crippen MR) is 79.6 cm³/mol. The molecule has 1 aliphatic rings. The van der Waals surface area contributed by atoms with E-state index in [0.717, 1.165) is 0 Å². The average molecular weight is 362 g/mol. The lowest BCUT2D eigenvalue weighted by atomic mass is 10.3. The molecule has 2 rings (SSSR count). The summed E-state index contributed by atoms with van der Waals surface area (Å²) in [5, 5.41) is 0. The fourth-order valence-electron chi connectivity index (χ4n) is 2.02. The van der Waals surface area contributed by atoms with E-state index < -0.39 is 10.0 Å². The number of halogens is 1. The van der Waals surface area contributed by atoms with Crippen molar-refractivity contribution in [1.82, 2.24) is 9.21 Å². The standard InChI is InChI=1S/C12H16BrN3O3S/c1-15-5-2-6-16(8-12(15)17)20(18,19)11-7-9(14)3-4-10(11)13/h3-4,7H,2,5-6,8,14H2,1H3. The van der Waals surface area contributed by atoms with Crippen LogP contribution in [0.25, 0.3) is 0 Å². The fourth-order valence-corrected chi connectivity index (χ4v) is 4.41. The molecule has 1 aromatic rings. The van der Waals surface area contributed by atoms with E-state index in [1.54, 1.807) is 24.1 Å². The van der Waals surface area contributed by atoms with Crippen LogP contribution in [0.4, 0.5) is 5.69 Å². The summed E-state index contributed by atoms with van der Waals surface area (Å²) in [4.78, 5) is 13.5. The van der Waals surface area contributed by atoms with Crippen LogP contribution in [0.15, 0.2) is 27.6 Å². The molecule has 1 aromatic carbocycles. The van der Waals surface area contributed by atoms with E-state index in [2.05, 4.69) is 15.9 Å². The van der Waals surface area contributed by atoms with Gasteiger partial charge in [-0.25, -0.2) is 8.42 Å². The molecule has 0 unspecified atom stereocenters. The minimum Gasteiger partial charge on any atom is -0.399 e. The van der Waals surface area contributed by atoms with E-state index in [-0.39, 0.29) is 17.3 Å². The minimum absolute atomic E-state index is 0.0925. The first-order chi connectivity index (χ1) is 9.32. The molecule has 0 radical (unpaired) electrons. The van der Waals surface area contributed by atoms with E-state index in [0.29, 0.717) is 29.7 Å². The maximum absolute atomic E-state index is 12.6. The Morgan fingerprint density at radius 2 is 2.00 bits per heavy atom. The molecule has 0 atom stereocenters. The van der Waals surface area contributed by atoms with Crippen LogP contribution in [-0.4, -0.2) is 50.2 Å². The van der Waals surface area contributed by atoms with Crippen molar-refractivity contribution in [2.75, 3.05) is 32.4 Å². The van der Waals surface area contributed by atoms with Crippen LogP contribution in [0.5, 0.6) is 0 Å². The molecule has 1 amide bonds. The van der Waals surface area contributed by atoms with Gasteiger partial charge in [0.05, 0.1) is 11.4 Å². The molecule has 1 fully saturated rings. The number of likely N-dealkylation sites (N-methyl/N-ethyl adjacent to an activating group) is 1. The third kappa shape index (κ3) is 2.97. The molecular weight excluding hydrogens is 346 g/mol. The highest BCUT2D eigenvalue weighted by molar-refractivity contribution is 9.10. The quantitative estimate of drug-likeness (QED) is 0.792. The van der Waals surface area contributed by atoms with Crippen LogP contribution in [-0.2, 0) is 14.8 Å². The van der Waals surface area contributed by atoms with E-state index in [1.165, 1.54) is 10.4 Å². The number of sulfonamides is 1. The Balaban J connectivity index is 2.39. The number of nitrogens with zero attached hydrogens (tertiary/aromatic N) is 2. The van der Waals surface area contributed by atoms with Crippen LogP contribution >= 0.6 is 15.9 Å². The van der Waals surface area contributed by atoms with Gasteiger partial charge in [-0.05, 0) is 40.5 Å². The van der Waals surface area contributed by atoms with Gasteiger partial charge in [-0.15, -0.1) is 0 Å². The maximum Gasteiger partial charge on any atom is 0.244 e. The summed E-state index contributed by atoms with van der Waals surface area (Å²) < 4.78 is 26.9. The second-order valence-corrected chi connectivity index (χ2v) is 7.46. The summed E-state index contributed by atoms with van der Waals surface area (Å²) >= 11 is 3.22. The van der Waals surface area contributed by atoms with Gasteiger partial charge in [0.2, 0.25) is 15.9 Å². The summed E-state index contributed by atoms with van der Waals surface area (Å²) in [5.41, 5.74) is 6.02. The minimum atomic E-state index is -3.74. The largest absolute Gasteiger partial charge is 0.399 e. The number of amides is 1. The van der Waals surface area contributed by atoms with Gasteiger partial charge in [0, 0.05) is 30.3 Å². The van der Waals surface area contributed by atoms with Crippen molar-refractivity contribution in [3.05, 3.63) is 22.7 Å². The second-order valence-electron chi connectivity index (χ2n) is 4.70. The lowest BCUT2D eigenvalue weighted by Gasteiger charge is -2.20. The fraction of sp³-hybridized carbons (Fsp3) is 0.417. The van der Waals surface area contributed by atoms with Gasteiger partial charge in [-0.1, -0.05) is 0 Å². The highest BCUT2D eigenvalue weighted by Gasteiger charge is 2.31. The molecule has 1 aliphatic heterocycles. The SMILES string of the molecule is CN1CCCN(S(=O)(=O)c2cc(N)ccc2Br)CC1=O. The zero-order chi connectivity index (χ0) is 14.9. The van der Waals surface area contributed by atoms with Crippen molar-refractivity contribution < 1.29 is 13.2 Å². The molecule has 0 saturated carbocycles. The Hall–Kier alpha value is -1.12. The van der Waals surface area contributed by atoms with E-state index >= 15 is 0 Å². The number of carbonyl (C=O) groups excluding carboxylic acids is 1. The first kappa shape index (κ1) is 15.3. The Labute approximate surface area is 126 Å². The number of hydrogen-bond acceptors (Lipinski definition) is 4. The van der Waals surface area contributed by atoms with Crippen LogP contribution < -0.4 is 5.73 Å². The summed E-state index contributed by atoms with van der Waals surface area (Å²) in [6.07, 6.45) is 0.613. The zero-order valence-corrected chi connectivity index (χ0v) is 13.4. The lowest BCUT2D eigenvalue weighted by Crippen LogP contribution is -2.38. The van der Waals surface area contributed by atoms with Crippen molar-refractivity contribution in [2.45, 2.75) is 11.3 Å². The monoisotopic (exact) mass is 361 g/mol. The first-order valence-corrected chi connectivity index (χ1v) is 8.35. The summed E-state index contributed by atoms with van der Waals surface area (Å²) in [5.74, 6) is -0.203. The molecule has 0 aliphatic carbocycles. The van der Waals surface area contributed by atoms with Crippen LogP contribution in [0.1, 0.15) is 6.42 Å². The molecule has 1 saturated heterocycles. The molecule has 0 aromatic heterocycles. The Morgan fingerprint density at radius 3 is 2.70 bits per heavy atom. The molecule has 6 nitrogen and oxygen atoms in total. The van der Waals surface area contributed by atoms with E-state index in [1.807, 2.05) is 0 Å². The topological polar surface area (TPSA) is 83.7 Å². The van der Waals surface area contributed by atoms with Gasteiger partial charge in [-0.2, -0.15) is 4.31 Å². The number of hydrogen-bond donors (Lipinski definition) is 1. The number of nitrogen functional groups attached to an aromatic ring is 1. The number of anilines is 1. The molecule has 1 heterocycles. The van der Waals surface area contributed by atoms with Crippen molar-refractivity contribution in [1.29, 1.82) is 0 Å². The molecule has 2 N–H and O–H groups in total. The summed E-state index contributed by atoms with van der Waals surface area (Å²) in [6.45, 7) is 0.739. The van der Waals surface area contributed by atoms with Crippen molar-refractivity contribution in [3.8, 4) is 0 Å². The predicted octanol–water partition coefficient (Wildman–Crippen LogP) is 0.884. The number of rotatable bonds is 2. The Kier molecular flexibility index (Phi) is 4.36. The van der Waals surface area contributed by atoms with Gasteiger partial charge >= 0.3 is 0 Å². The third-order valence-electron chi connectivity index (χ3n) is 3.21. The van der Waals surface area contributed by atoms with Crippen LogP contribution in [0.3, 0.4) is 0 Å². The molecule has 110 valence electrons. The highest BCUT2D eigenvalue weighted by atomic mass is 79.9. The lowest BCUT2D eigenvalue weighted by molar-refractivity contribution is -0.129. The normalized spacial score (nSPS) is 18.1. The number of carbonyl (C=O) groups is 1. The van der Waals surface area contributed by atoms with E-state index in [9.17, 15) is 13.2 Å². The third-order valence-corrected chi connectivity index (χ3v) is 6.05. The maximum atomic E-state index is 12.6. The molecule has 0 bridgehead atoms. The smallest absolute Gasteiger partial charge is 0.244 e. The van der Waals surface area contributed by atoms with Crippen molar-refractivity contribution >= 4 is 37.5 Å². The van der Waals surface area contributed by atoms with Crippen LogP contribution in [0.2, 0.25) is 0 Å². The number of nitrogens with two attached hydrogens (primary N) is 1. The molecule has 20 heavy (non-hydrogen) atoms. The average Bonchev–Trinajstić information content (AvgIpc) is 2.55. The molecule has 0 spiro atoms. The summed E-state index contributed by atoms with van der Waals surface area (Å²) in [7, 11) is -2.06.